The van der Waals surface area contributed by atoms with E-state index in [0.717, 1.165) is 26.1 Å². The highest BCUT2D eigenvalue weighted by Gasteiger charge is 2.33. The topological polar surface area (TPSA) is 62.2 Å². The molecule has 7 heteroatoms. The summed E-state index contributed by atoms with van der Waals surface area (Å²) in [6.45, 7) is 4.60. The molecule has 5 rings (SSSR count). The van der Waals surface area contributed by atoms with Crippen molar-refractivity contribution in [1.82, 2.24) is 9.80 Å². The van der Waals surface area contributed by atoms with Crippen LogP contribution in [0.4, 0.5) is 0 Å². The van der Waals surface area contributed by atoms with Crippen molar-refractivity contribution in [2.24, 2.45) is 0 Å². The van der Waals surface area contributed by atoms with Crippen molar-refractivity contribution < 1.29 is 19.4 Å². The normalized spacial score (nSPS) is 20.8. The molecule has 6 nitrogen and oxygen atoms in total. The first-order valence-electron chi connectivity index (χ1n) is 12.8. The Morgan fingerprint density at radius 1 is 1.03 bits per heavy atom. The summed E-state index contributed by atoms with van der Waals surface area (Å²) in [6.07, 6.45) is 3.65. The average Bonchev–Trinajstić information content (AvgIpc) is 3.36. The number of thiophene rings is 1. The second-order valence-corrected chi connectivity index (χ2v) is 10.4. The molecule has 2 atom stereocenters. The fraction of sp³-hybridized carbons (Fsp3) is 0.414. The van der Waals surface area contributed by atoms with E-state index in [1.165, 1.54) is 21.2 Å². The van der Waals surface area contributed by atoms with Gasteiger partial charge in [-0.3, -0.25) is 9.69 Å². The van der Waals surface area contributed by atoms with E-state index in [0.29, 0.717) is 38.3 Å². The maximum absolute atomic E-state index is 13.5. The second kappa shape index (κ2) is 12.0. The van der Waals surface area contributed by atoms with E-state index in [2.05, 4.69) is 58.8 Å². The van der Waals surface area contributed by atoms with Crippen LogP contribution < -0.4 is 0 Å². The van der Waals surface area contributed by atoms with E-state index in [4.69, 9.17) is 14.6 Å². The number of carbonyl (C=O) groups is 1. The van der Waals surface area contributed by atoms with Crippen molar-refractivity contribution in [1.29, 1.82) is 0 Å². The number of unbranched alkanes of at least 4 members (excludes halogenated alkanes) is 1. The number of hydrogen-bond acceptors (Lipinski definition) is 6. The third-order valence-corrected chi connectivity index (χ3v) is 7.92. The van der Waals surface area contributed by atoms with E-state index < -0.39 is 6.29 Å². The smallest absolute Gasteiger partial charge is 0.288 e. The standard InChI is InChI=1S/C29H34N2O4S/c32-16-6-7-17-34-28-19-23(25-21-36-27-11-5-4-10-24(25)27)18-26(35-28)29(33)31-14-12-30(13-15-31)20-22-8-2-1-3-9-22/h1-5,8-11,18,21,23,28,32H,6-7,12-17,19-20H2/t23-,28+/m0/s1. The van der Waals surface area contributed by atoms with Gasteiger partial charge in [0.2, 0.25) is 6.29 Å². The van der Waals surface area contributed by atoms with Crippen LogP contribution in [-0.4, -0.2) is 66.5 Å². The lowest BCUT2D eigenvalue weighted by Crippen LogP contribution is -2.49. The van der Waals surface area contributed by atoms with Crippen molar-refractivity contribution in [3.63, 3.8) is 0 Å². The number of benzene rings is 2. The summed E-state index contributed by atoms with van der Waals surface area (Å²) >= 11 is 1.73. The Labute approximate surface area is 216 Å². The Balaban J connectivity index is 1.28. The van der Waals surface area contributed by atoms with Crippen LogP contribution in [0.3, 0.4) is 0 Å². The molecule has 2 aliphatic heterocycles. The summed E-state index contributed by atoms with van der Waals surface area (Å²) in [4.78, 5) is 17.8. The summed E-state index contributed by atoms with van der Waals surface area (Å²) in [5, 5.41) is 12.5. The molecule has 0 aliphatic carbocycles. The summed E-state index contributed by atoms with van der Waals surface area (Å²) in [7, 11) is 0. The van der Waals surface area contributed by atoms with Gasteiger partial charge < -0.3 is 19.5 Å². The van der Waals surface area contributed by atoms with Gasteiger partial charge in [-0.05, 0) is 46.9 Å². The van der Waals surface area contributed by atoms with Gasteiger partial charge in [-0.25, -0.2) is 0 Å². The number of amides is 1. The highest BCUT2D eigenvalue weighted by molar-refractivity contribution is 7.17. The summed E-state index contributed by atoms with van der Waals surface area (Å²) < 4.78 is 13.4. The van der Waals surface area contributed by atoms with Crippen LogP contribution in [-0.2, 0) is 20.8 Å². The Kier molecular flexibility index (Phi) is 8.33. The minimum Gasteiger partial charge on any atom is -0.459 e. The number of fused-ring (bicyclic) bond motifs is 1. The zero-order valence-electron chi connectivity index (χ0n) is 20.6. The van der Waals surface area contributed by atoms with Gasteiger partial charge in [0.15, 0.2) is 5.76 Å². The molecule has 3 aromatic rings. The number of nitrogens with zero attached hydrogens (tertiary/aromatic N) is 2. The van der Waals surface area contributed by atoms with Gasteiger partial charge in [0.1, 0.15) is 0 Å². The van der Waals surface area contributed by atoms with Gasteiger partial charge >= 0.3 is 0 Å². The molecule has 190 valence electrons. The van der Waals surface area contributed by atoms with E-state index in [1.807, 2.05) is 17.0 Å². The maximum Gasteiger partial charge on any atom is 0.288 e. The first-order chi connectivity index (χ1) is 17.7. The number of hydrogen-bond donors (Lipinski definition) is 1. The Hall–Kier alpha value is -2.71. The molecule has 1 fully saturated rings. The van der Waals surface area contributed by atoms with Crippen LogP contribution in [0.5, 0.6) is 0 Å². The first-order valence-corrected chi connectivity index (χ1v) is 13.7. The Morgan fingerprint density at radius 2 is 1.81 bits per heavy atom. The minimum absolute atomic E-state index is 0.0519. The third kappa shape index (κ3) is 5.98. The average molecular weight is 507 g/mol. The number of piperazine rings is 1. The van der Waals surface area contributed by atoms with Crippen LogP contribution in [0.1, 0.15) is 36.3 Å². The quantitative estimate of drug-likeness (QED) is 0.425. The fourth-order valence-electron chi connectivity index (χ4n) is 4.95. The SMILES string of the molecule is O=C(C1=C[C@H](c2csc3ccccc23)C[C@H](OCCCCO)O1)N1CCN(Cc2ccccc2)CC1. The number of aliphatic hydroxyl groups excluding tert-OH is 1. The molecule has 1 N–H and O–H groups in total. The van der Waals surface area contributed by atoms with Gasteiger partial charge in [-0.15, -0.1) is 11.3 Å². The molecule has 1 saturated heterocycles. The molecule has 36 heavy (non-hydrogen) atoms. The lowest BCUT2D eigenvalue weighted by molar-refractivity contribution is -0.154. The number of aliphatic hydroxyl groups is 1. The largest absolute Gasteiger partial charge is 0.459 e. The molecule has 2 aromatic carbocycles. The molecule has 0 spiro atoms. The Morgan fingerprint density at radius 3 is 2.61 bits per heavy atom. The summed E-state index contributed by atoms with van der Waals surface area (Å²) in [6, 6.07) is 18.9. The number of carbonyl (C=O) groups excluding carboxylic acids is 1. The highest BCUT2D eigenvalue weighted by Crippen LogP contribution is 2.38. The molecule has 2 aliphatic rings. The molecule has 1 aromatic heterocycles. The van der Waals surface area contributed by atoms with E-state index in [9.17, 15) is 4.79 Å². The highest BCUT2D eigenvalue weighted by atomic mass is 32.1. The molecule has 0 radical (unpaired) electrons. The maximum atomic E-state index is 13.5. The number of rotatable bonds is 9. The molecule has 3 heterocycles. The predicted molar refractivity (Wildman–Crippen MR) is 143 cm³/mol. The monoisotopic (exact) mass is 506 g/mol. The zero-order chi connectivity index (χ0) is 24.7. The van der Waals surface area contributed by atoms with Gasteiger partial charge in [0.25, 0.3) is 5.91 Å². The molecule has 0 bridgehead atoms. The van der Waals surface area contributed by atoms with Gasteiger partial charge in [-0.1, -0.05) is 48.5 Å². The molecule has 0 saturated carbocycles. The van der Waals surface area contributed by atoms with E-state index in [1.54, 1.807) is 11.3 Å². The van der Waals surface area contributed by atoms with Crippen LogP contribution in [0, 0.1) is 0 Å². The van der Waals surface area contributed by atoms with Gasteiger partial charge in [0, 0.05) is 56.4 Å². The first kappa shape index (κ1) is 25.0. The predicted octanol–water partition coefficient (Wildman–Crippen LogP) is 4.75. The summed E-state index contributed by atoms with van der Waals surface area (Å²) in [5.41, 5.74) is 2.52. The number of ether oxygens (including phenoxy) is 2. The second-order valence-electron chi connectivity index (χ2n) is 9.46. The van der Waals surface area contributed by atoms with Crippen molar-refractivity contribution in [2.45, 2.75) is 38.0 Å². The van der Waals surface area contributed by atoms with Crippen molar-refractivity contribution in [3.05, 3.63) is 82.9 Å². The molecular formula is C29H34N2O4S. The fourth-order valence-corrected chi connectivity index (χ4v) is 5.97. The molecule has 1 amide bonds. The van der Waals surface area contributed by atoms with Crippen LogP contribution in [0.25, 0.3) is 10.1 Å². The molecular weight excluding hydrogens is 472 g/mol. The van der Waals surface area contributed by atoms with Gasteiger partial charge in [0.05, 0.1) is 6.61 Å². The van der Waals surface area contributed by atoms with E-state index >= 15 is 0 Å². The lowest BCUT2D eigenvalue weighted by atomic mass is 9.92. The minimum atomic E-state index is -0.476. The lowest BCUT2D eigenvalue weighted by Gasteiger charge is -2.36. The zero-order valence-corrected chi connectivity index (χ0v) is 21.4. The molecule has 0 unspecified atom stereocenters. The Bertz CT molecular complexity index is 1170. The number of allylic oxidation sites excluding steroid dienone is 1. The van der Waals surface area contributed by atoms with Gasteiger partial charge in [-0.2, -0.15) is 0 Å². The van der Waals surface area contributed by atoms with Crippen molar-refractivity contribution in [3.8, 4) is 0 Å². The van der Waals surface area contributed by atoms with E-state index in [-0.39, 0.29) is 18.4 Å². The van der Waals surface area contributed by atoms with Crippen LogP contribution >= 0.6 is 11.3 Å². The van der Waals surface area contributed by atoms with Crippen LogP contribution in [0.2, 0.25) is 0 Å². The third-order valence-electron chi connectivity index (χ3n) is 6.94. The summed E-state index contributed by atoms with van der Waals surface area (Å²) in [5.74, 6) is 0.392. The van der Waals surface area contributed by atoms with Crippen LogP contribution in [0.15, 0.2) is 71.8 Å². The van der Waals surface area contributed by atoms with Crippen molar-refractivity contribution >= 4 is 27.3 Å². The van der Waals surface area contributed by atoms with Crippen molar-refractivity contribution in [2.75, 3.05) is 39.4 Å².